The zero-order valence-electron chi connectivity index (χ0n) is 17.7. The summed E-state index contributed by atoms with van der Waals surface area (Å²) in [4.78, 5) is 12.7. The molecule has 30 heavy (non-hydrogen) atoms. The number of halogens is 1. The molecule has 0 aliphatic rings. The van der Waals surface area contributed by atoms with Crippen molar-refractivity contribution < 1.29 is 9.53 Å². The van der Waals surface area contributed by atoms with Crippen molar-refractivity contribution in [3.63, 3.8) is 0 Å². The van der Waals surface area contributed by atoms with E-state index in [0.717, 1.165) is 22.2 Å². The molecule has 0 bridgehead atoms. The third-order valence-corrected chi connectivity index (χ3v) is 5.76. The first-order valence-corrected chi connectivity index (χ1v) is 11.0. The Bertz CT molecular complexity index is 1040. The van der Waals surface area contributed by atoms with Crippen molar-refractivity contribution in [3.05, 3.63) is 106 Å². The van der Waals surface area contributed by atoms with Crippen molar-refractivity contribution >= 4 is 27.8 Å². The number of rotatable bonds is 8. The van der Waals surface area contributed by atoms with Gasteiger partial charge in [0.05, 0.1) is 11.1 Å². The number of carbonyl (C=O) groups is 1. The molecule has 0 aliphatic carbocycles. The minimum absolute atomic E-state index is 0.0266. The number of hydrogen-bond acceptors (Lipinski definition) is 2. The molecule has 0 fully saturated rings. The molecule has 0 saturated heterocycles. The normalized spacial score (nSPS) is 11.6. The van der Waals surface area contributed by atoms with Gasteiger partial charge in [0, 0.05) is 11.1 Å². The number of carbonyl (C=O) groups excluding carboxylic acids is 1. The number of ketones is 1. The van der Waals surface area contributed by atoms with Crippen LogP contribution in [0.1, 0.15) is 54.2 Å². The fourth-order valence-electron chi connectivity index (χ4n) is 3.34. The van der Waals surface area contributed by atoms with Crippen LogP contribution in [0.2, 0.25) is 0 Å². The van der Waals surface area contributed by atoms with Crippen LogP contribution in [0.15, 0.2) is 83.3 Å². The lowest BCUT2D eigenvalue weighted by molar-refractivity contribution is 0.103. The van der Waals surface area contributed by atoms with Crippen LogP contribution in [0.5, 0.6) is 5.75 Å². The summed E-state index contributed by atoms with van der Waals surface area (Å²) in [5.74, 6) is 0.915. The fourth-order valence-corrected chi connectivity index (χ4v) is 3.83. The largest absolute Gasteiger partial charge is 0.493 e. The predicted octanol–water partition coefficient (Wildman–Crippen LogP) is 7.46. The number of hydrogen-bond donors (Lipinski definition) is 0. The van der Waals surface area contributed by atoms with Gasteiger partial charge in [-0.15, -0.1) is 0 Å². The van der Waals surface area contributed by atoms with E-state index >= 15 is 0 Å². The van der Waals surface area contributed by atoms with E-state index in [0.29, 0.717) is 17.7 Å². The van der Waals surface area contributed by atoms with Gasteiger partial charge in [0.2, 0.25) is 0 Å². The Morgan fingerprint density at radius 2 is 1.70 bits per heavy atom. The van der Waals surface area contributed by atoms with E-state index in [1.807, 2.05) is 67.6 Å². The molecule has 3 heteroatoms. The molecule has 2 nitrogen and oxygen atoms in total. The van der Waals surface area contributed by atoms with Crippen molar-refractivity contribution in [2.45, 2.75) is 32.6 Å². The van der Waals surface area contributed by atoms with Crippen molar-refractivity contribution in [2.75, 3.05) is 6.61 Å². The zero-order valence-corrected chi connectivity index (χ0v) is 19.3. The summed E-state index contributed by atoms with van der Waals surface area (Å²) < 4.78 is 6.60. The van der Waals surface area contributed by atoms with Crippen molar-refractivity contribution in [2.24, 2.45) is 0 Å². The van der Waals surface area contributed by atoms with Crippen LogP contribution in [-0.2, 0) is 5.41 Å². The summed E-state index contributed by atoms with van der Waals surface area (Å²) in [7, 11) is 0. The van der Waals surface area contributed by atoms with Crippen LogP contribution in [0, 0.1) is 0 Å². The standard InChI is InChI=1S/C27H27BrO2/c1-4-30-25-16-15-23(19-24(25)28)27(2,3)17-9-11-20-10-8-14-22(18-20)26(29)21-12-6-5-7-13-21/h5-16,18-19H,4,17H2,1-3H3/b11-9+. The number of ether oxygens (including phenoxy) is 1. The van der Waals surface area contributed by atoms with Crippen LogP contribution in [0.4, 0.5) is 0 Å². The van der Waals surface area contributed by atoms with Crippen LogP contribution in [0.3, 0.4) is 0 Å². The zero-order chi connectivity index (χ0) is 21.6. The first-order valence-electron chi connectivity index (χ1n) is 10.2. The lowest BCUT2D eigenvalue weighted by Crippen LogP contribution is -2.16. The third-order valence-electron chi connectivity index (χ3n) is 5.14. The monoisotopic (exact) mass is 462 g/mol. The Hall–Kier alpha value is -2.65. The van der Waals surface area contributed by atoms with E-state index in [4.69, 9.17) is 4.74 Å². The van der Waals surface area contributed by atoms with E-state index in [2.05, 4.69) is 54.1 Å². The van der Waals surface area contributed by atoms with Crippen LogP contribution in [-0.4, -0.2) is 12.4 Å². The molecule has 0 spiro atoms. The third kappa shape index (κ3) is 5.48. The lowest BCUT2D eigenvalue weighted by Gasteiger charge is -2.24. The summed E-state index contributed by atoms with van der Waals surface area (Å²) >= 11 is 3.61. The smallest absolute Gasteiger partial charge is 0.193 e. The maximum absolute atomic E-state index is 12.7. The van der Waals surface area contributed by atoms with Gasteiger partial charge in [-0.25, -0.2) is 0 Å². The van der Waals surface area contributed by atoms with Gasteiger partial charge in [-0.2, -0.15) is 0 Å². The van der Waals surface area contributed by atoms with E-state index in [-0.39, 0.29) is 11.2 Å². The van der Waals surface area contributed by atoms with Crippen LogP contribution < -0.4 is 4.74 Å². The highest BCUT2D eigenvalue weighted by atomic mass is 79.9. The van der Waals surface area contributed by atoms with Gasteiger partial charge in [0.1, 0.15) is 5.75 Å². The van der Waals surface area contributed by atoms with Gasteiger partial charge in [0.25, 0.3) is 0 Å². The van der Waals surface area contributed by atoms with E-state index in [9.17, 15) is 4.79 Å². The minimum Gasteiger partial charge on any atom is -0.493 e. The van der Waals surface area contributed by atoms with Crippen LogP contribution in [0.25, 0.3) is 6.08 Å². The maximum atomic E-state index is 12.7. The van der Waals surface area contributed by atoms with Gasteiger partial charge in [-0.3, -0.25) is 4.79 Å². The minimum atomic E-state index is -0.0266. The molecular weight excluding hydrogens is 436 g/mol. The van der Waals surface area contributed by atoms with Gasteiger partial charge >= 0.3 is 0 Å². The molecule has 0 amide bonds. The molecule has 0 atom stereocenters. The second kappa shape index (κ2) is 9.90. The highest BCUT2D eigenvalue weighted by Gasteiger charge is 2.20. The summed E-state index contributed by atoms with van der Waals surface area (Å²) in [5.41, 5.74) is 3.66. The molecule has 0 heterocycles. The Balaban J connectivity index is 1.72. The Labute approximate surface area is 187 Å². The SMILES string of the molecule is CCOc1ccc(C(C)(C)C/C=C/c2cccc(C(=O)c3ccccc3)c2)cc1Br. The molecule has 0 unspecified atom stereocenters. The average molecular weight is 463 g/mol. The Morgan fingerprint density at radius 1 is 0.967 bits per heavy atom. The van der Waals surface area contributed by atoms with Gasteiger partial charge in [0.15, 0.2) is 5.78 Å². The first kappa shape index (κ1) is 22.0. The van der Waals surface area contributed by atoms with Crippen molar-refractivity contribution in [1.29, 1.82) is 0 Å². The Kier molecular flexibility index (Phi) is 7.28. The summed E-state index contributed by atoms with van der Waals surface area (Å²) in [6, 6.07) is 23.5. The van der Waals surface area contributed by atoms with Gasteiger partial charge in [-0.1, -0.05) is 80.6 Å². The molecule has 3 aromatic rings. The average Bonchev–Trinajstić information content (AvgIpc) is 2.75. The first-order chi connectivity index (χ1) is 14.4. The van der Waals surface area contributed by atoms with Crippen LogP contribution >= 0.6 is 15.9 Å². The topological polar surface area (TPSA) is 26.3 Å². The second-order valence-electron chi connectivity index (χ2n) is 7.89. The van der Waals surface area contributed by atoms with Gasteiger partial charge < -0.3 is 4.74 Å². The lowest BCUT2D eigenvalue weighted by atomic mass is 9.81. The molecule has 0 saturated carbocycles. The molecule has 0 aliphatic heterocycles. The molecule has 0 N–H and O–H groups in total. The second-order valence-corrected chi connectivity index (χ2v) is 8.74. The van der Waals surface area contributed by atoms with Crippen molar-refractivity contribution in [1.82, 2.24) is 0 Å². The molecular formula is C27H27BrO2. The maximum Gasteiger partial charge on any atom is 0.193 e. The summed E-state index contributed by atoms with van der Waals surface area (Å²) in [6.07, 6.45) is 5.15. The summed E-state index contributed by atoms with van der Waals surface area (Å²) in [6.45, 7) is 7.09. The van der Waals surface area contributed by atoms with E-state index < -0.39 is 0 Å². The highest BCUT2D eigenvalue weighted by Crippen LogP contribution is 2.34. The molecule has 154 valence electrons. The molecule has 3 aromatic carbocycles. The van der Waals surface area contributed by atoms with E-state index in [1.165, 1.54) is 5.56 Å². The molecule has 0 aromatic heterocycles. The molecule has 0 radical (unpaired) electrons. The Morgan fingerprint density at radius 3 is 2.40 bits per heavy atom. The number of allylic oxidation sites excluding steroid dienone is 1. The summed E-state index contributed by atoms with van der Waals surface area (Å²) in [5, 5.41) is 0. The fraction of sp³-hybridized carbons (Fsp3) is 0.222. The molecule has 3 rings (SSSR count). The quantitative estimate of drug-likeness (QED) is 0.324. The number of benzene rings is 3. The highest BCUT2D eigenvalue weighted by molar-refractivity contribution is 9.10. The van der Waals surface area contributed by atoms with Gasteiger partial charge in [-0.05, 0) is 64.0 Å². The van der Waals surface area contributed by atoms with Crippen molar-refractivity contribution in [3.8, 4) is 5.75 Å². The predicted molar refractivity (Wildman–Crippen MR) is 128 cm³/mol. The van der Waals surface area contributed by atoms with E-state index in [1.54, 1.807) is 0 Å².